The number of fused-ring (bicyclic) bond motifs is 1. The second-order valence-electron chi connectivity index (χ2n) is 16.6. The van der Waals surface area contributed by atoms with Crippen LogP contribution in [0, 0.1) is 6.92 Å². The van der Waals surface area contributed by atoms with E-state index in [1.807, 2.05) is 49.4 Å². The van der Waals surface area contributed by atoms with Crippen LogP contribution in [-0.2, 0) is 24.3 Å². The zero-order valence-corrected chi connectivity index (χ0v) is 40.2. The second-order valence-corrected chi connectivity index (χ2v) is 19.6. The van der Waals surface area contributed by atoms with Crippen LogP contribution in [0.4, 0.5) is 16.2 Å². The van der Waals surface area contributed by atoms with Crippen molar-refractivity contribution in [1.82, 2.24) is 14.1 Å². The van der Waals surface area contributed by atoms with Gasteiger partial charge in [0.1, 0.15) is 16.4 Å². The van der Waals surface area contributed by atoms with Gasteiger partial charge in [0, 0.05) is 31.4 Å². The number of benzene rings is 3. The molecule has 0 aromatic heterocycles. The summed E-state index contributed by atoms with van der Waals surface area (Å²) in [7, 11) is 0.0609. The molecule has 1 saturated heterocycles. The zero-order valence-electron chi connectivity index (χ0n) is 38.5. The Morgan fingerprint density at radius 3 is 1.98 bits per heavy atom. The number of nitrogens with one attached hydrogen (secondary N) is 1. The van der Waals surface area contributed by atoms with E-state index in [1.54, 1.807) is 25.3 Å². The van der Waals surface area contributed by atoms with Crippen LogP contribution in [0.5, 0.6) is 11.5 Å². The number of aliphatic imine (C=N–C) groups is 1. The number of rotatable bonds is 29. The zero-order chi connectivity index (χ0) is 45.9. The van der Waals surface area contributed by atoms with Crippen molar-refractivity contribution in [2.75, 3.05) is 45.5 Å². The lowest BCUT2D eigenvalue weighted by atomic mass is 10.0. The van der Waals surface area contributed by atoms with Crippen LogP contribution in [0.25, 0.3) is 0 Å². The molecule has 15 heteroatoms. The molecule has 13 nitrogen and oxygen atoms in total. The first-order chi connectivity index (χ1) is 31.0. The first kappa shape index (κ1) is 50.4. The van der Waals surface area contributed by atoms with Crippen LogP contribution >= 0.6 is 11.8 Å². The van der Waals surface area contributed by atoms with Crippen LogP contribution in [0.1, 0.15) is 122 Å². The largest absolute Gasteiger partial charge is 0.497 e. The smallest absolute Gasteiger partial charge is 0.330 e. The Kier molecular flexibility index (Phi) is 20.3. The Bertz CT molecular complexity index is 2120. The van der Waals surface area contributed by atoms with Gasteiger partial charge in [-0.2, -0.15) is 0 Å². The number of carbonyl (C=O) groups excluding carboxylic acids is 3. The van der Waals surface area contributed by atoms with E-state index in [9.17, 15) is 22.8 Å². The summed E-state index contributed by atoms with van der Waals surface area (Å²) >= 11 is 1.52. The predicted octanol–water partition coefficient (Wildman–Crippen LogP) is 10.7. The highest BCUT2D eigenvalue weighted by molar-refractivity contribution is 7.99. The molecule has 1 fully saturated rings. The summed E-state index contributed by atoms with van der Waals surface area (Å²) in [5, 5.41) is 2.98. The lowest BCUT2D eigenvalue weighted by molar-refractivity contribution is -0.141. The number of hydrogen-bond donors (Lipinski definition) is 1. The first-order valence-corrected chi connectivity index (χ1v) is 25.6. The van der Waals surface area contributed by atoms with Gasteiger partial charge in [-0.3, -0.25) is 18.8 Å². The van der Waals surface area contributed by atoms with Crippen molar-refractivity contribution in [1.29, 1.82) is 0 Å². The van der Waals surface area contributed by atoms with Crippen molar-refractivity contribution in [2.45, 2.75) is 145 Å². The molecule has 5 rings (SSSR count). The molecule has 0 aliphatic carbocycles. The number of thioether (sulfide) groups is 1. The molecule has 0 spiro atoms. The number of carbonyl (C=O) groups is 3. The average Bonchev–Trinajstić information content (AvgIpc) is 3.50. The molecule has 4 amide bonds. The number of aryl methyl sites for hydroxylation is 1. The number of imide groups is 1. The third-order valence-corrected chi connectivity index (χ3v) is 14.7. The summed E-state index contributed by atoms with van der Waals surface area (Å²) < 4.78 is 46.7. The molecular formula is C49H69N5O8S2. The maximum Gasteiger partial charge on any atom is 0.330 e. The van der Waals surface area contributed by atoms with E-state index in [1.165, 1.54) is 103 Å². The number of unbranched alkanes of at least 4 members (excludes halogenated alkanes) is 15. The molecule has 3 aromatic rings. The predicted molar refractivity (Wildman–Crippen MR) is 255 cm³/mol. The minimum atomic E-state index is -4.25. The van der Waals surface area contributed by atoms with E-state index in [2.05, 4.69) is 12.2 Å². The van der Waals surface area contributed by atoms with Crippen LogP contribution in [0.2, 0.25) is 0 Å². The van der Waals surface area contributed by atoms with Crippen LogP contribution in [-0.4, -0.2) is 98.6 Å². The number of anilines is 1. The van der Waals surface area contributed by atoms with Crippen molar-refractivity contribution in [3.63, 3.8) is 0 Å². The number of ether oxygens (including phenoxy) is 3. The lowest BCUT2D eigenvalue weighted by Gasteiger charge is -2.35. The number of para-hydroxylation sites is 1. The number of sulfonamides is 1. The minimum absolute atomic E-state index is 0.00583. The lowest BCUT2D eigenvalue weighted by Crippen LogP contribution is -2.58. The first-order valence-electron chi connectivity index (χ1n) is 23.2. The molecule has 0 radical (unpaired) electrons. The Morgan fingerprint density at radius 1 is 0.797 bits per heavy atom. The second kappa shape index (κ2) is 25.8. The number of amidine groups is 1. The van der Waals surface area contributed by atoms with Crippen LogP contribution < -0.4 is 14.8 Å². The quantitative estimate of drug-likeness (QED) is 0.0408. The maximum absolute atomic E-state index is 14.9. The van der Waals surface area contributed by atoms with Crippen molar-refractivity contribution < 1.29 is 37.0 Å². The molecule has 2 unspecified atom stereocenters. The summed E-state index contributed by atoms with van der Waals surface area (Å²) in [5.74, 6) is 0.324. The van der Waals surface area contributed by atoms with E-state index in [0.717, 1.165) is 61.7 Å². The van der Waals surface area contributed by atoms with Crippen molar-refractivity contribution in [2.24, 2.45) is 4.99 Å². The highest BCUT2D eigenvalue weighted by Gasteiger charge is 2.53. The van der Waals surface area contributed by atoms with Crippen LogP contribution in [0.15, 0.2) is 81.5 Å². The Morgan fingerprint density at radius 2 is 1.39 bits per heavy atom. The summed E-state index contributed by atoms with van der Waals surface area (Å²) in [6.07, 6.45) is 18.1. The van der Waals surface area contributed by atoms with E-state index >= 15 is 0 Å². The van der Waals surface area contributed by atoms with E-state index in [4.69, 9.17) is 19.2 Å². The molecule has 2 aliphatic heterocycles. The summed E-state index contributed by atoms with van der Waals surface area (Å²) in [6, 6.07) is 16.8. The monoisotopic (exact) mass is 919 g/mol. The van der Waals surface area contributed by atoms with Gasteiger partial charge in [-0.1, -0.05) is 121 Å². The fourth-order valence-electron chi connectivity index (χ4n) is 8.09. The number of hydrogen-bond acceptors (Lipinski definition) is 10. The van der Waals surface area contributed by atoms with E-state index in [-0.39, 0.29) is 23.0 Å². The highest BCUT2D eigenvalue weighted by Crippen LogP contribution is 2.36. The fraction of sp³-hybridized carbons (Fsp3) is 0.551. The summed E-state index contributed by atoms with van der Waals surface area (Å²) in [6.45, 7) is 4.63. The van der Waals surface area contributed by atoms with E-state index in [0.29, 0.717) is 30.9 Å². The molecule has 2 aliphatic rings. The van der Waals surface area contributed by atoms with Crippen molar-refractivity contribution in [3.05, 3.63) is 72.3 Å². The minimum Gasteiger partial charge on any atom is -0.497 e. The number of methoxy groups -OCH3 is 2. The third kappa shape index (κ3) is 13.7. The van der Waals surface area contributed by atoms with Gasteiger partial charge >= 0.3 is 6.03 Å². The molecule has 1 N–H and O–H groups in total. The normalized spacial score (nSPS) is 16.2. The summed E-state index contributed by atoms with van der Waals surface area (Å²) in [4.78, 5) is 50.2. The van der Waals surface area contributed by atoms with E-state index < -0.39 is 40.1 Å². The van der Waals surface area contributed by atoms with Gasteiger partial charge in [-0.05, 0) is 73.9 Å². The van der Waals surface area contributed by atoms with Crippen molar-refractivity contribution >= 4 is 56.8 Å². The van der Waals surface area contributed by atoms with Crippen molar-refractivity contribution in [3.8, 4) is 11.5 Å². The van der Waals surface area contributed by atoms with Crippen LogP contribution in [0.3, 0.4) is 0 Å². The Labute approximate surface area is 385 Å². The molecule has 0 bridgehead atoms. The maximum atomic E-state index is 14.9. The third-order valence-electron chi connectivity index (χ3n) is 11.7. The summed E-state index contributed by atoms with van der Waals surface area (Å²) in [5.41, 5.74) is 1.44. The van der Waals surface area contributed by atoms with Gasteiger partial charge in [-0.15, -0.1) is 11.8 Å². The average molecular weight is 920 g/mol. The van der Waals surface area contributed by atoms with Gasteiger partial charge in [0.2, 0.25) is 6.23 Å². The van der Waals surface area contributed by atoms with Gasteiger partial charge < -0.3 is 19.5 Å². The molecular weight excluding hydrogens is 851 g/mol. The Hall–Kier alpha value is -4.60. The standard InChI is InChI=1S/C49H69N5O8S2/c1-6-7-8-9-10-11-12-13-14-15-16-17-18-19-20-23-33-53-45(50-40-25-21-22-26-43(40)64(53,58)59)44(54-47(56)48(61-5)52(3)49(54)57)46(55)51-41-36-37(2)27-32-42(41)63-35-24-34-62-39-30-28-38(60-4)29-31-39/h21-22,25-32,36,44,48H,6-20,23-24,33-35H2,1-5H3,(H,51,55). The van der Waals surface area contributed by atoms with Gasteiger partial charge in [-0.25, -0.2) is 23.1 Å². The molecule has 2 atom stereocenters. The highest BCUT2D eigenvalue weighted by atomic mass is 32.2. The molecule has 2 heterocycles. The SMILES string of the molecule is CCCCCCCCCCCCCCCCCCN1C(C(C(=O)Nc2cc(C)ccc2SCCCOc2ccc(OC)cc2)N2C(=O)C(OC)N(C)C2=O)=Nc2ccccc2S1(=O)=O. The number of nitrogens with zero attached hydrogens (tertiary/aromatic N) is 4. The molecule has 3 aromatic carbocycles. The number of amides is 4. The molecule has 0 saturated carbocycles. The number of likely N-dealkylation sites (N-methyl/N-ethyl adjacent to an activating group) is 1. The fourth-order valence-corrected chi connectivity index (χ4v) is 10.6. The van der Waals surface area contributed by atoms with Gasteiger partial charge in [0.05, 0.1) is 25.1 Å². The van der Waals surface area contributed by atoms with Gasteiger partial charge in [0.25, 0.3) is 21.8 Å². The molecule has 64 heavy (non-hydrogen) atoms. The number of urea groups is 1. The Balaban J connectivity index is 1.28. The topological polar surface area (TPSA) is 147 Å². The van der Waals surface area contributed by atoms with Gasteiger partial charge in [0.15, 0.2) is 11.9 Å². The molecule has 350 valence electrons.